The van der Waals surface area contributed by atoms with Gasteiger partial charge in [0, 0.05) is 133 Å². The van der Waals surface area contributed by atoms with Crippen molar-refractivity contribution in [3.05, 3.63) is 335 Å². The molecule has 16 rings (SSSR count). The predicted molar refractivity (Wildman–Crippen MR) is 467 cm³/mol. The number of methoxy groups -OCH3 is 1. The number of H-pyrrole nitrogens is 4. The average Bonchev–Trinajstić information content (AvgIpc) is 1.68. The van der Waals surface area contributed by atoms with Crippen molar-refractivity contribution >= 4 is 114 Å². The van der Waals surface area contributed by atoms with E-state index in [1.807, 2.05) is 245 Å². The van der Waals surface area contributed by atoms with Crippen LogP contribution in [0.3, 0.4) is 0 Å². The van der Waals surface area contributed by atoms with Gasteiger partial charge >= 0.3 is 11.7 Å². The minimum atomic E-state index is -0.929. The maximum atomic E-state index is 13.6. The number of aromatic nitrogens is 11. The van der Waals surface area contributed by atoms with Crippen LogP contribution in [0.1, 0.15) is 43.0 Å². The number of carbonyl (C=O) groups excluding carboxylic acids is 5. The van der Waals surface area contributed by atoms with Gasteiger partial charge in [0.2, 0.25) is 23.7 Å². The van der Waals surface area contributed by atoms with Gasteiger partial charge in [0.25, 0.3) is 23.6 Å². The lowest BCUT2D eigenvalue weighted by molar-refractivity contribution is -0.142. The summed E-state index contributed by atoms with van der Waals surface area (Å²) in [4.78, 5) is 134. The van der Waals surface area contributed by atoms with E-state index in [9.17, 15) is 28.8 Å². The van der Waals surface area contributed by atoms with Crippen LogP contribution in [-0.2, 0) is 14.3 Å². The van der Waals surface area contributed by atoms with Gasteiger partial charge in [0.15, 0.2) is 0 Å². The second-order valence-corrected chi connectivity index (χ2v) is 26.9. The summed E-state index contributed by atoms with van der Waals surface area (Å²) in [7, 11) is 6.59. The summed E-state index contributed by atoms with van der Waals surface area (Å²) < 4.78 is 10.4. The van der Waals surface area contributed by atoms with Gasteiger partial charge in [-0.05, 0) is 164 Å². The molecule has 0 saturated heterocycles. The summed E-state index contributed by atoms with van der Waals surface area (Å²) in [6.07, 6.45) is 5.04. The maximum Gasteiger partial charge on any atom is 0.434 e. The van der Waals surface area contributed by atoms with Gasteiger partial charge < -0.3 is 70.7 Å². The van der Waals surface area contributed by atoms with Crippen molar-refractivity contribution < 1.29 is 33.1 Å². The van der Waals surface area contributed by atoms with Crippen molar-refractivity contribution in [2.24, 2.45) is 5.84 Å². The third-order valence-corrected chi connectivity index (χ3v) is 19.2. The molecule has 121 heavy (non-hydrogen) atoms. The first-order valence-electron chi connectivity index (χ1n) is 38.0. The molecule has 0 unspecified atom stereocenters. The van der Waals surface area contributed by atoms with E-state index in [1.165, 1.54) is 7.11 Å². The van der Waals surface area contributed by atoms with Crippen LogP contribution in [0.4, 0.5) is 52.0 Å². The fraction of sp³-hybridized carbons (Fsp3) is 0.112. The molecule has 0 bridgehead atoms. The number of nitrogens with two attached hydrogens (primary N) is 1. The van der Waals surface area contributed by atoms with Gasteiger partial charge in [-0.3, -0.25) is 24.6 Å². The van der Waals surface area contributed by atoms with Crippen molar-refractivity contribution in [2.75, 3.05) is 78.5 Å². The molecule has 16 aromatic rings. The number of nitrogens with one attached hydrogen (secondary N) is 11. The Bertz CT molecular complexity index is 5880. The lowest BCUT2D eigenvalue weighted by atomic mass is 10.1. The number of hydrazine groups is 1. The first-order valence-corrected chi connectivity index (χ1v) is 38.0. The van der Waals surface area contributed by atoms with E-state index >= 15 is 0 Å². The number of carbonyl (C=O) groups is 5. The molecule has 4 amide bonds. The SMILES string of the molecule is CNc1nccc(-c2cc3cc(C(=O)N[C@@H](CN(c4ccccc4)c4ccccc4)C(=O)NN)ccc3[nH]2)n1.CNc1nccc(-c2cc3cc(C(=O)N[C@@H](CN(c4ccccc4)c4ccccc4)C(=O)OC)ccc3[nH]2)n1.CNc1nccc(-c2cc3cc(C(=O)N[C@@H](CN(c4ccccc4)c4ccccc4)c4n[nH]c(=O)o4)ccc3[nH]2)n1.O=O. The minimum absolute atomic E-state index is 0.0781. The number of anilines is 9. The number of aromatic amines is 4. The molecule has 7 heterocycles. The van der Waals surface area contributed by atoms with Crippen molar-refractivity contribution in [3.63, 3.8) is 0 Å². The van der Waals surface area contributed by atoms with Gasteiger partial charge in [0.05, 0.1) is 60.9 Å². The molecule has 9 aromatic carbocycles. The van der Waals surface area contributed by atoms with Crippen LogP contribution in [0, 0.1) is 9.93 Å². The Morgan fingerprint density at radius 2 is 0.727 bits per heavy atom. The summed E-state index contributed by atoms with van der Waals surface area (Å²) in [6, 6.07) is 82.9. The van der Waals surface area contributed by atoms with E-state index in [0.29, 0.717) is 34.5 Å². The first kappa shape index (κ1) is 82.5. The van der Waals surface area contributed by atoms with E-state index in [2.05, 4.69) is 92.4 Å². The van der Waals surface area contributed by atoms with Crippen molar-refractivity contribution in [3.8, 4) is 34.2 Å². The molecular weight excluding hydrogens is 1540 g/mol. The van der Waals surface area contributed by atoms with E-state index in [1.54, 1.807) is 82.2 Å². The van der Waals surface area contributed by atoms with Crippen molar-refractivity contribution in [1.29, 1.82) is 0 Å². The molecular formula is C89H82N22O10. The number of nitrogens with zero attached hydrogens (tertiary/aromatic N) is 10. The van der Waals surface area contributed by atoms with Crippen LogP contribution < -0.4 is 63.6 Å². The van der Waals surface area contributed by atoms with Gasteiger partial charge in [-0.1, -0.05) is 109 Å². The molecule has 32 nitrogen and oxygen atoms in total. The zero-order valence-corrected chi connectivity index (χ0v) is 65.7. The van der Waals surface area contributed by atoms with Crippen LogP contribution >= 0.6 is 0 Å². The van der Waals surface area contributed by atoms with Crippen LogP contribution in [0.2, 0.25) is 0 Å². The average molecular weight is 1620 g/mol. The van der Waals surface area contributed by atoms with Crippen molar-refractivity contribution in [2.45, 2.75) is 18.1 Å². The maximum absolute atomic E-state index is 13.6. The Morgan fingerprint density at radius 1 is 0.413 bits per heavy atom. The van der Waals surface area contributed by atoms with E-state index in [-0.39, 0.29) is 37.3 Å². The first-order chi connectivity index (χ1) is 59.2. The zero-order chi connectivity index (χ0) is 84.6. The second kappa shape index (κ2) is 39.7. The Morgan fingerprint density at radius 3 is 1.03 bits per heavy atom. The number of rotatable bonds is 27. The summed E-state index contributed by atoms with van der Waals surface area (Å²) in [6.45, 7) is 0.608. The topological polar surface area (TPSA) is 432 Å². The normalized spacial score (nSPS) is 11.4. The molecule has 0 saturated carbocycles. The van der Waals surface area contributed by atoms with Gasteiger partial charge in [-0.25, -0.2) is 50.4 Å². The number of para-hydroxylation sites is 6. The summed E-state index contributed by atoms with van der Waals surface area (Å²) in [5.74, 6) is 4.27. The Balaban J connectivity index is 0.000000155. The predicted octanol–water partition coefficient (Wildman–Crippen LogP) is 13.1. The van der Waals surface area contributed by atoms with E-state index < -0.39 is 41.7 Å². The fourth-order valence-electron chi connectivity index (χ4n) is 13.3. The molecule has 13 N–H and O–H groups in total. The lowest BCUT2D eigenvalue weighted by Crippen LogP contribution is -2.53. The smallest absolute Gasteiger partial charge is 0.434 e. The van der Waals surface area contributed by atoms with E-state index in [0.717, 1.165) is 101 Å². The molecule has 0 aliphatic carbocycles. The number of amides is 4. The Kier molecular flexibility index (Phi) is 27.1. The third-order valence-electron chi connectivity index (χ3n) is 19.2. The molecule has 7 aromatic heterocycles. The summed E-state index contributed by atoms with van der Waals surface area (Å²) >= 11 is 0. The van der Waals surface area contributed by atoms with Crippen LogP contribution in [-0.4, -0.2) is 145 Å². The molecule has 608 valence electrons. The highest BCUT2D eigenvalue weighted by molar-refractivity contribution is 6.03. The monoisotopic (exact) mass is 1620 g/mol. The van der Waals surface area contributed by atoms with Crippen molar-refractivity contribution in [1.82, 2.24) is 76.4 Å². The minimum Gasteiger partial charge on any atom is -0.467 e. The van der Waals surface area contributed by atoms with Crippen LogP contribution in [0.15, 0.2) is 301 Å². The number of esters is 1. The number of fused-ring (bicyclic) bond motifs is 3. The number of benzene rings is 9. The zero-order valence-electron chi connectivity index (χ0n) is 65.7. The Labute approximate surface area is 691 Å². The van der Waals surface area contributed by atoms with E-state index in [4.69, 9.17) is 24.9 Å². The highest BCUT2D eigenvalue weighted by Gasteiger charge is 2.30. The highest BCUT2D eigenvalue weighted by Crippen LogP contribution is 2.33. The molecule has 32 heteroatoms. The van der Waals surface area contributed by atoms with Crippen LogP contribution in [0.5, 0.6) is 0 Å². The quantitative estimate of drug-likeness (QED) is 0.00984. The molecule has 0 aliphatic heterocycles. The largest absolute Gasteiger partial charge is 0.467 e. The molecule has 0 radical (unpaired) electrons. The number of hydrogen-bond donors (Lipinski definition) is 12. The third kappa shape index (κ3) is 20.6. The van der Waals surface area contributed by atoms with Gasteiger partial charge in [-0.15, -0.1) is 5.10 Å². The van der Waals surface area contributed by atoms with Crippen LogP contribution in [0.25, 0.3) is 66.9 Å². The number of ether oxygens (including phenoxy) is 1. The molecule has 0 spiro atoms. The second-order valence-electron chi connectivity index (χ2n) is 26.9. The fourth-order valence-corrected chi connectivity index (χ4v) is 13.3. The Hall–Kier alpha value is -16.5. The summed E-state index contributed by atoms with van der Waals surface area (Å²) in [5.41, 5.74) is 15.9. The number of hydrogen-bond acceptors (Lipinski definition) is 24. The van der Waals surface area contributed by atoms with Gasteiger partial charge in [-0.2, -0.15) is 0 Å². The standard InChI is InChI=1S/C30H26N8O3.C30H28N6O3.C29H28N8O2.O2/c1-31-29-32-15-14-24(35-29)25-17-20-16-19(12-13-23(20)33-25)27(39)34-26(28-36-37-30(40)41-28)18-38(21-8-4-2-5-9-21)22-10-6-3-7-11-22;1-31-30-32-16-15-25(35-30)26-18-21-17-20(13-14-24(21)33-26)28(37)34-27(29(38)39-2)19-36(22-9-5-3-6-10-22)23-11-7-4-8-12-23;1-31-29-32-15-14-24(35-29)25-17-20-16-19(12-13-23(20)33-25)27(38)34-26(28(39)36-30)18-37(21-8-4-2-5-9-21)22-10-6-3-7-11-22;1-2/h2-17,26,33H,18H2,1H3,(H,34,39)(H,37,40)(H,31,32,35);3-18,27,33H,19H2,1-2H3,(H,34,37)(H,31,32,35);2-17,26,33H,18,30H2,1H3,(H,34,38)(H,36,39)(H,31,32,35);/t26-;27-;26-;/m000./s1. The van der Waals surface area contributed by atoms with Gasteiger partial charge in [0.1, 0.15) is 18.1 Å². The molecule has 0 aliphatic rings. The molecule has 0 fully saturated rings. The molecule has 3 atom stereocenters. The highest BCUT2D eigenvalue weighted by atomic mass is 16.7. The lowest BCUT2D eigenvalue weighted by Gasteiger charge is -2.29. The summed E-state index contributed by atoms with van der Waals surface area (Å²) in [5, 5.41) is 26.4.